The molecule has 1 fully saturated rings. The first-order valence-electron chi connectivity index (χ1n) is 5.71. The lowest BCUT2D eigenvalue weighted by molar-refractivity contribution is -0.302. The Morgan fingerprint density at radius 2 is 2.29 bits per heavy atom. The van der Waals surface area contributed by atoms with Crippen LogP contribution in [0.4, 0.5) is 0 Å². The molecule has 1 aliphatic heterocycles. The third kappa shape index (κ3) is 3.43. The molecule has 0 N–H and O–H groups in total. The lowest BCUT2D eigenvalue weighted by atomic mass is 9.94. The van der Waals surface area contributed by atoms with E-state index in [4.69, 9.17) is 9.78 Å². The fourth-order valence-electron chi connectivity index (χ4n) is 1.85. The van der Waals surface area contributed by atoms with Crippen LogP contribution in [0.2, 0.25) is 0 Å². The summed E-state index contributed by atoms with van der Waals surface area (Å²) in [4.78, 5) is 10.6. The molecule has 0 aliphatic carbocycles. The van der Waals surface area contributed by atoms with Gasteiger partial charge in [-0.3, -0.25) is 0 Å². The van der Waals surface area contributed by atoms with Gasteiger partial charge in [-0.1, -0.05) is 32.8 Å². The molecule has 1 saturated heterocycles. The highest BCUT2D eigenvalue weighted by atomic mass is 17.2. The van der Waals surface area contributed by atoms with Gasteiger partial charge in [0.1, 0.15) is 0 Å². The topological polar surface area (TPSA) is 18.5 Å². The SMILES string of the molecule is C=CCC1CC(C(C)CCCC)OO1. The van der Waals surface area contributed by atoms with Crippen LogP contribution >= 0.6 is 0 Å². The maximum absolute atomic E-state index is 5.33. The molecule has 3 unspecified atom stereocenters. The van der Waals surface area contributed by atoms with Crippen molar-refractivity contribution in [1.82, 2.24) is 0 Å². The van der Waals surface area contributed by atoms with Crippen molar-refractivity contribution in [3.63, 3.8) is 0 Å². The molecule has 0 radical (unpaired) electrons. The van der Waals surface area contributed by atoms with Crippen molar-refractivity contribution in [2.45, 2.75) is 58.2 Å². The van der Waals surface area contributed by atoms with Crippen molar-refractivity contribution in [3.05, 3.63) is 12.7 Å². The fourth-order valence-corrected chi connectivity index (χ4v) is 1.85. The van der Waals surface area contributed by atoms with Crippen molar-refractivity contribution < 1.29 is 9.78 Å². The molecule has 1 aliphatic rings. The lowest BCUT2D eigenvalue weighted by Crippen LogP contribution is -2.17. The zero-order valence-corrected chi connectivity index (χ0v) is 9.37. The van der Waals surface area contributed by atoms with Crippen LogP contribution in [0.1, 0.15) is 46.0 Å². The molecule has 0 spiro atoms. The van der Waals surface area contributed by atoms with Crippen LogP contribution in [-0.4, -0.2) is 12.2 Å². The average Bonchev–Trinajstić information content (AvgIpc) is 2.63. The summed E-state index contributed by atoms with van der Waals surface area (Å²) in [5.41, 5.74) is 0. The summed E-state index contributed by atoms with van der Waals surface area (Å²) in [7, 11) is 0. The van der Waals surface area contributed by atoms with Crippen LogP contribution in [-0.2, 0) is 9.78 Å². The van der Waals surface area contributed by atoms with Crippen molar-refractivity contribution in [2.24, 2.45) is 5.92 Å². The van der Waals surface area contributed by atoms with E-state index in [9.17, 15) is 0 Å². The van der Waals surface area contributed by atoms with Crippen LogP contribution in [0.15, 0.2) is 12.7 Å². The van der Waals surface area contributed by atoms with Gasteiger partial charge in [0.25, 0.3) is 0 Å². The zero-order chi connectivity index (χ0) is 10.4. The van der Waals surface area contributed by atoms with Gasteiger partial charge in [0.05, 0.1) is 12.2 Å². The maximum atomic E-state index is 5.33. The third-order valence-corrected chi connectivity index (χ3v) is 2.89. The maximum Gasteiger partial charge on any atom is 0.0990 e. The van der Waals surface area contributed by atoms with Crippen LogP contribution in [0, 0.1) is 5.92 Å². The predicted molar refractivity (Wildman–Crippen MR) is 57.9 cm³/mol. The van der Waals surface area contributed by atoms with E-state index in [2.05, 4.69) is 20.4 Å². The van der Waals surface area contributed by atoms with E-state index in [-0.39, 0.29) is 6.10 Å². The third-order valence-electron chi connectivity index (χ3n) is 2.89. The monoisotopic (exact) mass is 198 g/mol. The Bertz CT molecular complexity index is 168. The van der Waals surface area contributed by atoms with Crippen molar-refractivity contribution >= 4 is 0 Å². The highest BCUT2D eigenvalue weighted by Crippen LogP contribution is 2.27. The van der Waals surface area contributed by atoms with E-state index in [0.29, 0.717) is 12.0 Å². The van der Waals surface area contributed by atoms with Gasteiger partial charge >= 0.3 is 0 Å². The Morgan fingerprint density at radius 3 is 2.93 bits per heavy atom. The fraction of sp³-hybridized carbons (Fsp3) is 0.833. The standard InChI is InChI=1S/C12H22O2/c1-4-6-8-10(3)12-9-11(7-5-2)13-14-12/h5,10-12H,2,4,6-9H2,1,3H3. The largest absolute Gasteiger partial charge is 0.233 e. The Morgan fingerprint density at radius 1 is 1.50 bits per heavy atom. The van der Waals surface area contributed by atoms with E-state index in [1.807, 2.05) is 6.08 Å². The summed E-state index contributed by atoms with van der Waals surface area (Å²) in [6.45, 7) is 8.18. The molecular weight excluding hydrogens is 176 g/mol. The first kappa shape index (κ1) is 11.7. The minimum Gasteiger partial charge on any atom is -0.233 e. The van der Waals surface area contributed by atoms with Gasteiger partial charge in [-0.05, 0) is 18.8 Å². The molecule has 0 bridgehead atoms. The quantitative estimate of drug-likeness (QED) is 0.480. The van der Waals surface area contributed by atoms with Crippen molar-refractivity contribution in [1.29, 1.82) is 0 Å². The van der Waals surface area contributed by atoms with Gasteiger partial charge in [-0.15, -0.1) is 6.58 Å². The van der Waals surface area contributed by atoms with Gasteiger partial charge in [0.15, 0.2) is 0 Å². The predicted octanol–water partition coefficient (Wildman–Crippen LogP) is 3.48. The second kappa shape index (κ2) is 6.20. The molecule has 82 valence electrons. The second-order valence-electron chi connectivity index (χ2n) is 4.23. The molecule has 1 rings (SSSR count). The average molecular weight is 198 g/mol. The lowest BCUT2D eigenvalue weighted by Gasteiger charge is -2.15. The number of hydrogen-bond donors (Lipinski definition) is 0. The van der Waals surface area contributed by atoms with Crippen LogP contribution in [0.3, 0.4) is 0 Å². The van der Waals surface area contributed by atoms with Gasteiger partial charge < -0.3 is 0 Å². The Labute approximate surface area is 87.2 Å². The highest BCUT2D eigenvalue weighted by molar-refractivity contribution is 4.80. The first-order chi connectivity index (χ1) is 6.77. The normalized spacial score (nSPS) is 29.0. The number of unbranched alkanes of at least 4 members (excludes halogenated alkanes) is 1. The Hall–Kier alpha value is -0.340. The molecule has 2 heteroatoms. The summed E-state index contributed by atoms with van der Waals surface area (Å²) in [5.74, 6) is 0.616. The second-order valence-corrected chi connectivity index (χ2v) is 4.23. The van der Waals surface area contributed by atoms with Gasteiger partial charge in [0, 0.05) is 6.42 Å². The van der Waals surface area contributed by atoms with E-state index in [1.54, 1.807) is 0 Å². The molecule has 0 aromatic rings. The number of hydrogen-bond acceptors (Lipinski definition) is 2. The Kier molecular flexibility index (Phi) is 5.20. The summed E-state index contributed by atoms with van der Waals surface area (Å²) < 4.78 is 0. The molecule has 0 amide bonds. The summed E-state index contributed by atoms with van der Waals surface area (Å²) in [6.07, 6.45) is 8.14. The van der Waals surface area contributed by atoms with E-state index in [1.165, 1.54) is 19.3 Å². The Balaban J connectivity index is 2.22. The van der Waals surface area contributed by atoms with Gasteiger partial charge in [-0.25, -0.2) is 9.78 Å². The molecule has 14 heavy (non-hydrogen) atoms. The van der Waals surface area contributed by atoms with Crippen molar-refractivity contribution in [2.75, 3.05) is 0 Å². The van der Waals surface area contributed by atoms with Crippen LogP contribution < -0.4 is 0 Å². The summed E-state index contributed by atoms with van der Waals surface area (Å²) in [5, 5.41) is 0. The smallest absolute Gasteiger partial charge is 0.0990 e. The zero-order valence-electron chi connectivity index (χ0n) is 9.37. The summed E-state index contributed by atoms with van der Waals surface area (Å²) >= 11 is 0. The summed E-state index contributed by atoms with van der Waals surface area (Å²) in [6, 6.07) is 0. The highest BCUT2D eigenvalue weighted by Gasteiger charge is 2.30. The molecule has 0 aromatic heterocycles. The van der Waals surface area contributed by atoms with E-state index < -0.39 is 0 Å². The van der Waals surface area contributed by atoms with Gasteiger partial charge in [-0.2, -0.15) is 0 Å². The van der Waals surface area contributed by atoms with Crippen LogP contribution in [0.5, 0.6) is 0 Å². The molecule has 1 heterocycles. The first-order valence-corrected chi connectivity index (χ1v) is 5.71. The number of rotatable bonds is 6. The van der Waals surface area contributed by atoms with Crippen molar-refractivity contribution in [3.8, 4) is 0 Å². The molecule has 3 atom stereocenters. The molecular formula is C12H22O2. The molecule has 2 nitrogen and oxygen atoms in total. The molecule has 0 aromatic carbocycles. The van der Waals surface area contributed by atoms with E-state index >= 15 is 0 Å². The van der Waals surface area contributed by atoms with Gasteiger partial charge in [0.2, 0.25) is 0 Å². The minimum absolute atomic E-state index is 0.238. The molecule has 0 saturated carbocycles. The van der Waals surface area contributed by atoms with Crippen LogP contribution in [0.25, 0.3) is 0 Å². The van der Waals surface area contributed by atoms with E-state index in [0.717, 1.165) is 12.8 Å². The minimum atomic E-state index is 0.238.